The molecule has 2 aromatic heterocycles. The van der Waals surface area contributed by atoms with E-state index in [4.69, 9.17) is 4.42 Å². The molecular weight excluding hydrogens is 711 g/mol. The van der Waals surface area contributed by atoms with Crippen LogP contribution < -0.4 is 4.90 Å². The third kappa shape index (κ3) is 5.80. The van der Waals surface area contributed by atoms with Crippen LogP contribution in [0.5, 0.6) is 0 Å². The van der Waals surface area contributed by atoms with Crippen LogP contribution in [-0.2, 0) is 0 Å². The number of rotatable bonds is 7. The average molecular weight is 746 g/mol. The van der Waals surface area contributed by atoms with E-state index in [0.717, 1.165) is 55.7 Å². The highest BCUT2D eigenvalue weighted by molar-refractivity contribution is 7.25. The molecule has 9 aromatic carbocycles. The van der Waals surface area contributed by atoms with E-state index in [-0.39, 0.29) is 0 Å². The second kappa shape index (κ2) is 13.8. The van der Waals surface area contributed by atoms with Crippen molar-refractivity contribution in [1.29, 1.82) is 0 Å². The van der Waals surface area contributed by atoms with E-state index < -0.39 is 0 Å². The fourth-order valence-corrected chi connectivity index (χ4v) is 9.54. The molecule has 11 rings (SSSR count). The number of para-hydroxylation sites is 2. The maximum atomic E-state index is 6.56. The van der Waals surface area contributed by atoms with Crippen LogP contribution in [0, 0.1) is 0 Å². The summed E-state index contributed by atoms with van der Waals surface area (Å²) in [5.74, 6) is 0. The summed E-state index contributed by atoms with van der Waals surface area (Å²) in [5, 5.41) is 4.80. The molecule has 2 heterocycles. The van der Waals surface area contributed by atoms with Crippen molar-refractivity contribution in [2.24, 2.45) is 0 Å². The molecule has 268 valence electrons. The molecule has 0 unspecified atom stereocenters. The zero-order valence-corrected chi connectivity index (χ0v) is 31.8. The molecule has 0 radical (unpaired) electrons. The van der Waals surface area contributed by atoms with Gasteiger partial charge in [-0.3, -0.25) is 0 Å². The molecule has 0 fully saturated rings. The van der Waals surface area contributed by atoms with Crippen molar-refractivity contribution in [3.05, 3.63) is 212 Å². The maximum absolute atomic E-state index is 6.56. The molecule has 2 nitrogen and oxygen atoms in total. The fourth-order valence-electron chi connectivity index (χ4n) is 8.39. The molecule has 0 aliphatic heterocycles. The predicted octanol–water partition coefficient (Wildman–Crippen LogP) is 16.1. The van der Waals surface area contributed by atoms with Crippen molar-refractivity contribution in [2.45, 2.75) is 0 Å². The number of hydrogen-bond acceptors (Lipinski definition) is 3. The van der Waals surface area contributed by atoms with Crippen LogP contribution >= 0.6 is 11.3 Å². The van der Waals surface area contributed by atoms with E-state index in [1.165, 1.54) is 48.0 Å². The van der Waals surface area contributed by atoms with Gasteiger partial charge in [-0.15, -0.1) is 11.3 Å². The van der Waals surface area contributed by atoms with Gasteiger partial charge in [-0.25, -0.2) is 0 Å². The highest BCUT2D eigenvalue weighted by Gasteiger charge is 2.25. The first-order valence-corrected chi connectivity index (χ1v) is 20.1. The monoisotopic (exact) mass is 745 g/mol. The number of nitrogens with zero attached hydrogens (tertiary/aromatic N) is 1. The number of anilines is 3. The van der Waals surface area contributed by atoms with Gasteiger partial charge in [0.15, 0.2) is 0 Å². The van der Waals surface area contributed by atoms with Crippen molar-refractivity contribution >= 4 is 70.5 Å². The quantitative estimate of drug-likeness (QED) is 0.162. The van der Waals surface area contributed by atoms with E-state index in [9.17, 15) is 0 Å². The topological polar surface area (TPSA) is 16.4 Å². The summed E-state index contributed by atoms with van der Waals surface area (Å²) in [7, 11) is 0. The standard InChI is InChI=1S/C54H35NOS/c1-3-13-36(14-4-1)38-23-25-40(26-24-38)53-48(33-34-50-54(53)46-19-8-11-21-49(46)56-50)55(42-30-27-39(28-31-42)37-15-5-2-6-16-37)47-20-10-7-17-43(47)41-29-32-45-44-18-9-12-22-51(44)57-52(45)35-41/h1-35H. The highest BCUT2D eigenvalue weighted by Crippen LogP contribution is 2.50. The molecule has 0 atom stereocenters. The molecule has 0 amide bonds. The van der Waals surface area contributed by atoms with E-state index >= 15 is 0 Å². The molecule has 3 heteroatoms. The van der Waals surface area contributed by atoms with Crippen LogP contribution in [0.15, 0.2) is 217 Å². The molecule has 0 bridgehead atoms. The lowest BCUT2D eigenvalue weighted by Crippen LogP contribution is -2.12. The summed E-state index contributed by atoms with van der Waals surface area (Å²) in [6, 6.07) is 76.4. The van der Waals surface area contributed by atoms with Crippen molar-refractivity contribution in [2.75, 3.05) is 4.90 Å². The molecule has 0 N–H and O–H groups in total. The van der Waals surface area contributed by atoms with Crippen LogP contribution in [0.25, 0.3) is 86.6 Å². The summed E-state index contributed by atoms with van der Waals surface area (Å²) in [5.41, 5.74) is 14.3. The van der Waals surface area contributed by atoms with Crippen LogP contribution in [0.3, 0.4) is 0 Å². The Balaban J connectivity index is 1.17. The third-order valence-electron chi connectivity index (χ3n) is 11.1. The first-order valence-electron chi connectivity index (χ1n) is 19.3. The van der Waals surface area contributed by atoms with Crippen molar-refractivity contribution in [3.63, 3.8) is 0 Å². The lowest BCUT2D eigenvalue weighted by atomic mass is 9.93. The number of benzene rings is 9. The van der Waals surface area contributed by atoms with Crippen molar-refractivity contribution < 1.29 is 4.42 Å². The normalized spacial score (nSPS) is 11.5. The van der Waals surface area contributed by atoms with Gasteiger partial charge in [-0.2, -0.15) is 0 Å². The Morgan fingerprint density at radius 2 is 0.912 bits per heavy atom. The van der Waals surface area contributed by atoms with E-state index in [1.807, 2.05) is 17.4 Å². The second-order valence-electron chi connectivity index (χ2n) is 14.4. The van der Waals surface area contributed by atoms with E-state index in [2.05, 4.69) is 211 Å². The summed E-state index contributed by atoms with van der Waals surface area (Å²) >= 11 is 1.86. The third-order valence-corrected chi connectivity index (χ3v) is 12.2. The summed E-state index contributed by atoms with van der Waals surface area (Å²) in [4.78, 5) is 2.45. The molecule has 0 aliphatic carbocycles. The number of hydrogen-bond donors (Lipinski definition) is 0. The van der Waals surface area contributed by atoms with Crippen LogP contribution in [0.4, 0.5) is 17.1 Å². The van der Waals surface area contributed by atoms with Gasteiger partial charge in [0.2, 0.25) is 0 Å². The smallest absolute Gasteiger partial charge is 0.136 e. The summed E-state index contributed by atoms with van der Waals surface area (Å²) in [6.07, 6.45) is 0. The lowest BCUT2D eigenvalue weighted by Gasteiger charge is -2.30. The zero-order valence-electron chi connectivity index (χ0n) is 31.0. The Morgan fingerprint density at radius 1 is 0.351 bits per heavy atom. The van der Waals surface area contributed by atoms with Gasteiger partial charge in [0, 0.05) is 47.8 Å². The Bertz CT molecular complexity index is 3210. The maximum Gasteiger partial charge on any atom is 0.136 e. The minimum absolute atomic E-state index is 0.866. The zero-order chi connectivity index (χ0) is 37.7. The van der Waals surface area contributed by atoms with Gasteiger partial charge in [-0.05, 0) is 81.9 Å². The largest absolute Gasteiger partial charge is 0.456 e. The molecule has 57 heavy (non-hydrogen) atoms. The van der Waals surface area contributed by atoms with Crippen LogP contribution in [0.1, 0.15) is 0 Å². The molecule has 11 aromatic rings. The number of fused-ring (bicyclic) bond motifs is 6. The molecule has 0 saturated carbocycles. The van der Waals surface area contributed by atoms with Gasteiger partial charge in [0.1, 0.15) is 11.2 Å². The molecular formula is C54H35NOS. The minimum atomic E-state index is 0.866. The second-order valence-corrected chi connectivity index (χ2v) is 15.5. The van der Waals surface area contributed by atoms with E-state index in [0.29, 0.717) is 0 Å². The SMILES string of the molecule is c1ccc(-c2ccc(-c3c(N(c4ccc(-c5ccccc5)cc4)c4ccccc4-c4ccc5c(c4)sc4ccccc45)ccc4oc5ccccc5c34)cc2)cc1. The van der Waals surface area contributed by atoms with Crippen molar-refractivity contribution in [3.8, 4) is 44.5 Å². The Morgan fingerprint density at radius 3 is 1.67 bits per heavy atom. The Kier molecular flexibility index (Phi) is 8.04. The van der Waals surface area contributed by atoms with Crippen molar-refractivity contribution in [1.82, 2.24) is 0 Å². The van der Waals surface area contributed by atoms with Gasteiger partial charge in [0.05, 0.1) is 11.4 Å². The fraction of sp³-hybridized carbons (Fsp3) is 0. The molecule has 0 saturated heterocycles. The number of thiophene rings is 1. The van der Waals surface area contributed by atoms with Crippen LogP contribution in [-0.4, -0.2) is 0 Å². The first kappa shape index (κ1) is 33.2. The average Bonchev–Trinajstić information content (AvgIpc) is 3.86. The Labute approximate surface area is 335 Å². The highest BCUT2D eigenvalue weighted by atomic mass is 32.1. The van der Waals surface area contributed by atoms with Crippen LogP contribution in [0.2, 0.25) is 0 Å². The van der Waals surface area contributed by atoms with E-state index in [1.54, 1.807) is 0 Å². The Hall–Kier alpha value is -7.20. The molecule has 0 spiro atoms. The number of furan rings is 1. The lowest BCUT2D eigenvalue weighted by molar-refractivity contribution is 0.669. The minimum Gasteiger partial charge on any atom is -0.456 e. The van der Waals surface area contributed by atoms with Gasteiger partial charge in [-0.1, -0.05) is 164 Å². The predicted molar refractivity (Wildman–Crippen MR) is 243 cm³/mol. The first-order chi connectivity index (χ1) is 28.3. The molecule has 0 aliphatic rings. The van der Waals surface area contributed by atoms with Gasteiger partial charge < -0.3 is 9.32 Å². The summed E-state index contributed by atoms with van der Waals surface area (Å²) < 4.78 is 9.15. The van der Waals surface area contributed by atoms with Gasteiger partial charge >= 0.3 is 0 Å². The van der Waals surface area contributed by atoms with Gasteiger partial charge in [0.25, 0.3) is 0 Å². The summed E-state index contributed by atoms with van der Waals surface area (Å²) in [6.45, 7) is 0.